The van der Waals surface area contributed by atoms with Crippen molar-refractivity contribution in [2.75, 3.05) is 0 Å². The van der Waals surface area contributed by atoms with Crippen molar-refractivity contribution in [1.82, 2.24) is 9.13 Å². The Bertz CT molecular complexity index is 3300. The Labute approximate surface area is 348 Å². The lowest BCUT2D eigenvalue weighted by Gasteiger charge is -2.23. The third-order valence-electron chi connectivity index (χ3n) is 11.3. The van der Waals surface area contributed by atoms with E-state index in [1.54, 1.807) is 0 Å². The average Bonchev–Trinajstić information content (AvgIpc) is 3.82. The molecule has 11 aromatic rings. The molecule has 0 radical (unpaired) electrons. The SMILES string of the molecule is Cc1ccccc1.N=C(N=C(N)c1ccc(-n2c3ccccc3c3ccccc32)c(-n2c3ccccc3c3ccccc32)c1-c1ccc2ccccc2c1)c1ccccc1. The molecule has 0 amide bonds. The van der Waals surface area contributed by atoms with Crippen LogP contribution in [0.5, 0.6) is 0 Å². The standard InChI is InChI=1S/C48H33N5.C7H8/c49-47(32-15-2-1-3-16-32)51-48(50)39-28-29-44(52-40-22-10-6-18-35(40)36-19-7-11-23-41(36)52)46(45(39)34-27-26-31-14-4-5-17-33(31)30-34)53-42-24-12-8-20-37(42)38-21-9-13-25-43(38)53;1-7-5-3-2-4-6-7/h1-30H,(H3,49,50,51);2-6H,1H3. The fraction of sp³-hybridized carbons (Fsp3) is 0.0182. The number of aliphatic imine (C=N–C) groups is 1. The maximum absolute atomic E-state index is 8.96. The average molecular weight is 772 g/mol. The Hall–Kier alpha value is -8.02. The van der Waals surface area contributed by atoms with E-state index in [1.807, 2.05) is 48.5 Å². The summed E-state index contributed by atoms with van der Waals surface area (Å²) in [6.45, 7) is 2.08. The molecule has 9 aromatic carbocycles. The fourth-order valence-electron chi connectivity index (χ4n) is 8.56. The number of para-hydroxylation sites is 4. The van der Waals surface area contributed by atoms with Gasteiger partial charge < -0.3 is 14.9 Å². The lowest BCUT2D eigenvalue weighted by molar-refractivity contribution is 1.09. The number of nitrogens with zero attached hydrogens (tertiary/aromatic N) is 3. The fourth-order valence-corrected chi connectivity index (χ4v) is 8.56. The van der Waals surface area contributed by atoms with Crippen molar-refractivity contribution in [1.29, 1.82) is 5.41 Å². The topological polar surface area (TPSA) is 72.1 Å². The molecule has 0 fully saturated rings. The second kappa shape index (κ2) is 15.4. The maximum Gasteiger partial charge on any atom is 0.154 e. The number of fused-ring (bicyclic) bond motifs is 7. The minimum Gasteiger partial charge on any atom is -0.383 e. The van der Waals surface area contributed by atoms with Crippen LogP contribution in [0.2, 0.25) is 0 Å². The monoisotopic (exact) mass is 771 g/mol. The molecular formula is C55H41N5. The molecule has 5 heteroatoms. The molecule has 5 nitrogen and oxygen atoms in total. The number of rotatable bonds is 5. The third kappa shape index (κ3) is 6.39. The molecular weight excluding hydrogens is 731 g/mol. The van der Waals surface area contributed by atoms with Crippen LogP contribution in [-0.4, -0.2) is 20.8 Å². The summed E-state index contributed by atoms with van der Waals surface area (Å²) in [5.41, 5.74) is 18.2. The Morgan fingerprint density at radius 1 is 0.467 bits per heavy atom. The summed E-state index contributed by atoms with van der Waals surface area (Å²) in [4.78, 5) is 4.77. The van der Waals surface area contributed by atoms with E-state index in [0.717, 1.165) is 60.9 Å². The van der Waals surface area contributed by atoms with Gasteiger partial charge in [0.15, 0.2) is 5.84 Å². The quantitative estimate of drug-likeness (QED) is 0.133. The minimum absolute atomic E-state index is 0.109. The van der Waals surface area contributed by atoms with Gasteiger partial charge in [-0.15, -0.1) is 0 Å². The van der Waals surface area contributed by atoms with Gasteiger partial charge in [-0.1, -0.05) is 175 Å². The lowest BCUT2D eigenvalue weighted by Crippen LogP contribution is -2.19. The Morgan fingerprint density at radius 3 is 1.47 bits per heavy atom. The number of aryl methyl sites for hydroxylation is 1. The van der Waals surface area contributed by atoms with Crippen LogP contribution >= 0.6 is 0 Å². The van der Waals surface area contributed by atoms with Crippen molar-refractivity contribution in [3.63, 3.8) is 0 Å². The van der Waals surface area contributed by atoms with Gasteiger partial charge in [0.25, 0.3) is 0 Å². The Balaban J connectivity index is 0.000000564. The van der Waals surface area contributed by atoms with E-state index in [1.165, 1.54) is 27.1 Å². The first kappa shape index (κ1) is 36.3. The molecule has 2 heterocycles. The van der Waals surface area contributed by atoms with E-state index in [9.17, 15) is 0 Å². The number of aromatic nitrogens is 2. The Morgan fingerprint density at radius 2 is 0.933 bits per heavy atom. The van der Waals surface area contributed by atoms with Crippen molar-refractivity contribution in [3.05, 3.63) is 229 Å². The first-order valence-corrected chi connectivity index (χ1v) is 20.2. The van der Waals surface area contributed by atoms with Crippen LogP contribution in [0, 0.1) is 12.3 Å². The molecule has 0 atom stereocenters. The van der Waals surface area contributed by atoms with E-state index in [-0.39, 0.29) is 11.7 Å². The first-order chi connectivity index (χ1) is 29.5. The van der Waals surface area contributed by atoms with Crippen LogP contribution in [0.4, 0.5) is 0 Å². The van der Waals surface area contributed by atoms with Crippen molar-refractivity contribution in [2.24, 2.45) is 10.7 Å². The smallest absolute Gasteiger partial charge is 0.154 e. The number of hydrogen-bond donors (Lipinski definition) is 2. The Kier molecular flexibility index (Phi) is 9.32. The number of hydrogen-bond acceptors (Lipinski definition) is 1. The maximum atomic E-state index is 8.96. The molecule has 0 aliphatic heterocycles. The van der Waals surface area contributed by atoms with E-state index < -0.39 is 0 Å². The summed E-state index contributed by atoms with van der Waals surface area (Å²) >= 11 is 0. The second-order valence-electron chi connectivity index (χ2n) is 15.0. The zero-order valence-electron chi connectivity index (χ0n) is 33.1. The molecule has 0 saturated heterocycles. The summed E-state index contributed by atoms with van der Waals surface area (Å²) in [5.74, 6) is 0.384. The van der Waals surface area contributed by atoms with Crippen molar-refractivity contribution < 1.29 is 0 Å². The van der Waals surface area contributed by atoms with Crippen molar-refractivity contribution in [3.8, 4) is 22.5 Å². The van der Waals surface area contributed by atoms with Gasteiger partial charge in [-0.25, -0.2) is 4.99 Å². The van der Waals surface area contributed by atoms with Gasteiger partial charge in [0.05, 0.1) is 33.4 Å². The van der Waals surface area contributed by atoms with Crippen LogP contribution in [-0.2, 0) is 0 Å². The highest BCUT2D eigenvalue weighted by molar-refractivity contribution is 6.16. The molecule has 286 valence electrons. The largest absolute Gasteiger partial charge is 0.383 e. The van der Waals surface area contributed by atoms with Gasteiger partial charge in [-0.05, 0) is 65.7 Å². The van der Waals surface area contributed by atoms with E-state index >= 15 is 0 Å². The number of nitrogens with two attached hydrogens (primary N) is 1. The van der Waals surface area contributed by atoms with E-state index in [2.05, 4.69) is 180 Å². The summed E-state index contributed by atoms with van der Waals surface area (Å²) in [5, 5.41) is 15.9. The predicted molar refractivity (Wildman–Crippen MR) is 253 cm³/mol. The lowest BCUT2D eigenvalue weighted by atomic mass is 9.93. The first-order valence-electron chi connectivity index (χ1n) is 20.2. The third-order valence-corrected chi connectivity index (χ3v) is 11.3. The molecule has 60 heavy (non-hydrogen) atoms. The van der Waals surface area contributed by atoms with Crippen molar-refractivity contribution in [2.45, 2.75) is 6.92 Å². The number of amidine groups is 2. The van der Waals surface area contributed by atoms with Crippen LogP contribution in [0.3, 0.4) is 0 Å². The van der Waals surface area contributed by atoms with E-state index in [0.29, 0.717) is 5.56 Å². The highest BCUT2D eigenvalue weighted by Crippen LogP contribution is 2.44. The van der Waals surface area contributed by atoms with Gasteiger partial charge in [-0.3, -0.25) is 5.41 Å². The zero-order valence-corrected chi connectivity index (χ0v) is 33.1. The van der Waals surface area contributed by atoms with Crippen LogP contribution in [0.15, 0.2) is 217 Å². The van der Waals surface area contributed by atoms with Gasteiger partial charge in [-0.2, -0.15) is 0 Å². The molecule has 0 aliphatic carbocycles. The molecule has 0 saturated carbocycles. The van der Waals surface area contributed by atoms with Gasteiger partial charge in [0.1, 0.15) is 5.84 Å². The summed E-state index contributed by atoms with van der Waals surface area (Å²) < 4.78 is 4.78. The molecule has 0 bridgehead atoms. The molecule has 0 aliphatic rings. The van der Waals surface area contributed by atoms with Gasteiger partial charge in [0.2, 0.25) is 0 Å². The van der Waals surface area contributed by atoms with Gasteiger partial charge in [0, 0.05) is 38.2 Å². The van der Waals surface area contributed by atoms with Crippen LogP contribution in [0.25, 0.3) is 76.9 Å². The van der Waals surface area contributed by atoms with Crippen molar-refractivity contribution >= 4 is 66.1 Å². The highest BCUT2D eigenvalue weighted by atomic mass is 15.1. The van der Waals surface area contributed by atoms with Gasteiger partial charge >= 0.3 is 0 Å². The second-order valence-corrected chi connectivity index (χ2v) is 15.0. The molecule has 11 rings (SSSR count). The normalized spacial score (nSPS) is 11.7. The molecule has 2 aromatic heterocycles. The number of nitrogens with one attached hydrogen (secondary N) is 1. The minimum atomic E-state index is 0.109. The van der Waals surface area contributed by atoms with E-state index in [4.69, 9.17) is 16.1 Å². The predicted octanol–water partition coefficient (Wildman–Crippen LogP) is 13.4. The van der Waals surface area contributed by atoms with Crippen LogP contribution in [0.1, 0.15) is 16.7 Å². The zero-order chi connectivity index (χ0) is 40.6. The van der Waals surface area contributed by atoms with Crippen LogP contribution < -0.4 is 5.73 Å². The summed E-state index contributed by atoms with van der Waals surface area (Å²) in [6, 6.07) is 73.5. The summed E-state index contributed by atoms with van der Waals surface area (Å²) in [6.07, 6.45) is 0. The summed E-state index contributed by atoms with van der Waals surface area (Å²) in [7, 11) is 0. The molecule has 3 N–H and O–H groups in total. The molecule has 0 unspecified atom stereocenters. The highest BCUT2D eigenvalue weighted by Gasteiger charge is 2.26. The molecule has 0 spiro atoms. The number of benzene rings is 9.